The number of hydrogen-bond donors (Lipinski definition) is 1. The van der Waals surface area contributed by atoms with Gasteiger partial charge in [0.05, 0.1) is 0 Å². The highest BCUT2D eigenvalue weighted by Crippen LogP contribution is 2.11. The van der Waals surface area contributed by atoms with E-state index < -0.39 is 0 Å². The Kier molecular flexibility index (Phi) is 2.39. The normalized spacial score (nSPS) is 12.5. The predicted octanol–water partition coefficient (Wildman–Crippen LogP) is 2.01. The molecule has 2 heteroatoms. The standard InChI is InChI=1S/C9H10FN/c1-2-9(11)7-4-3-5-8(10)6-7/h2-6,9H,1,11H2. The summed E-state index contributed by atoms with van der Waals surface area (Å²) in [6.07, 6.45) is 1.58. The fourth-order valence-corrected chi connectivity index (χ4v) is 0.850. The fourth-order valence-electron chi connectivity index (χ4n) is 0.850. The van der Waals surface area contributed by atoms with E-state index in [0.29, 0.717) is 0 Å². The average molecular weight is 151 g/mol. The minimum absolute atomic E-state index is 0.264. The fraction of sp³-hybridized carbons (Fsp3) is 0.111. The quantitative estimate of drug-likeness (QED) is 0.643. The predicted molar refractivity (Wildman–Crippen MR) is 43.5 cm³/mol. The van der Waals surface area contributed by atoms with Gasteiger partial charge in [-0.25, -0.2) is 4.39 Å². The lowest BCUT2D eigenvalue weighted by Crippen LogP contribution is -2.06. The highest BCUT2D eigenvalue weighted by molar-refractivity contribution is 5.22. The van der Waals surface area contributed by atoms with Crippen LogP contribution in [0.15, 0.2) is 36.9 Å². The van der Waals surface area contributed by atoms with Gasteiger partial charge < -0.3 is 5.73 Å². The van der Waals surface area contributed by atoms with Crippen LogP contribution in [0, 0.1) is 5.82 Å². The Labute approximate surface area is 65.3 Å². The Balaban J connectivity index is 2.95. The van der Waals surface area contributed by atoms with Crippen LogP contribution in [0.5, 0.6) is 0 Å². The van der Waals surface area contributed by atoms with Gasteiger partial charge in [-0.05, 0) is 17.7 Å². The average Bonchev–Trinajstić information content (AvgIpc) is 2.03. The maximum Gasteiger partial charge on any atom is 0.123 e. The second-order valence-corrected chi connectivity index (χ2v) is 2.32. The number of benzene rings is 1. The molecule has 0 radical (unpaired) electrons. The van der Waals surface area contributed by atoms with Crippen LogP contribution >= 0.6 is 0 Å². The van der Waals surface area contributed by atoms with Gasteiger partial charge in [-0.3, -0.25) is 0 Å². The van der Waals surface area contributed by atoms with Gasteiger partial charge in [-0.15, -0.1) is 6.58 Å². The Morgan fingerprint density at radius 2 is 2.27 bits per heavy atom. The Morgan fingerprint density at radius 3 is 2.82 bits per heavy atom. The molecular weight excluding hydrogens is 141 g/mol. The number of hydrogen-bond acceptors (Lipinski definition) is 1. The van der Waals surface area contributed by atoms with Crippen molar-refractivity contribution in [2.75, 3.05) is 0 Å². The van der Waals surface area contributed by atoms with E-state index in [-0.39, 0.29) is 11.9 Å². The SMILES string of the molecule is C=CC(N)c1cccc(F)c1. The first-order valence-corrected chi connectivity index (χ1v) is 3.37. The molecule has 0 amide bonds. The molecule has 1 rings (SSSR count). The summed E-state index contributed by atoms with van der Waals surface area (Å²) in [4.78, 5) is 0. The summed E-state index contributed by atoms with van der Waals surface area (Å²) in [5, 5.41) is 0. The van der Waals surface area contributed by atoms with Gasteiger partial charge >= 0.3 is 0 Å². The molecule has 0 spiro atoms. The van der Waals surface area contributed by atoms with E-state index in [0.717, 1.165) is 5.56 Å². The van der Waals surface area contributed by atoms with Crippen LogP contribution in [0.1, 0.15) is 11.6 Å². The molecule has 1 atom stereocenters. The number of rotatable bonds is 2. The van der Waals surface area contributed by atoms with E-state index in [1.807, 2.05) is 0 Å². The molecule has 0 heterocycles. The van der Waals surface area contributed by atoms with Crippen LogP contribution in [-0.2, 0) is 0 Å². The van der Waals surface area contributed by atoms with Gasteiger partial charge in [0.15, 0.2) is 0 Å². The number of halogens is 1. The molecule has 1 aromatic carbocycles. The lowest BCUT2D eigenvalue weighted by molar-refractivity contribution is 0.624. The topological polar surface area (TPSA) is 26.0 Å². The highest BCUT2D eigenvalue weighted by Gasteiger charge is 2.00. The van der Waals surface area contributed by atoms with Gasteiger partial charge in [-0.1, -0.05) is 18.2 Å². The molecule has 0 saturated carbocycles. The van der Waals surface area contributed by atoms with Crippen LogP contribution < -0.4 is 5.73 Å². The molecule has 0 aliphatic rings. The van der Waals surface area contributed by atoms with Gasteiger partial charge in [0.2, 0.25) is 0 Å². The van der Waals surface area contributed by atoms with E-state index in [9.17, 15) is 4.39 Å². The van der Waals surface area contributed by atoms with E-state index in [1.165, 1.54) is 12.1 Å². The third kappa shape index (κ3) is 1.88. The molecule has 2 N–H and O–H groups in total. The van der Waals surface area contributed by atoms with E-state index in [1.54, 1.807) is 18.2 Å². The largest absolute Gasteiger partial charge is 0.321 e. The minimum Gasteiger partial charge on any atom is -0.321 e. The van der Waals surface area contributed by atoms with Crippen molar-refractivity contribution in [3.05, 3.63) is 48.3 Å². The molecule has 11 heavy (non-hydrogen) atoms. The third-order valence-electron chi connectivity index (χ3n) is 1.49. The maximum atomic E-state index is 12.6. The Morgan fingerprint density at radius 1 is 1.55 bits per heavy atom. The van der Waals surface area contributed by atoms with Crippen LogP contribution in [-0.4, -0.2) is 0 Å². The summed E-state index contributed by atoms with van der Waals surface area (Å²) in [6.45, 7) is 3.52. The first kappa shape index (κ1) is 7.95. The zero-order valence-corrected chi connectivity index (χ0v) is 6.13. The van der Waals surface area contributed by atoms with Crippen molar-refractivity contribution < 1.29 is 4.39 Å². The summed E-state index contributed by atoms with van der Waals surface area (Å²) < 4.78 is 12.6. The lowest BCUT2D eigenvalue weighted by Gasteiger charge is -2.04. The summed E-state index contributed by atoms with van der Waals surface area (Å²) in [6, 6.07) is 5.93. The van der Waals surface area contributed by atoms with Crippen molar-refractivity contribution >= 4 is 0 Å². The molecule has 0 aliphatic heterocycles. The number of nitrogens with two attached hydrogens (primary N) is 1. The monoisotopic (exact) mass is 151 g/mol. The van der Waals surface area contributed by atoms with E-state index in [2.05, 4.69) is 6.58 Å². The molecule has 1 nitrogen and oxygen atoms in total. The lowest BCUT2D eigenvalue weighted by atomic mass is 10.1. The molecule has 1 aromatic rings. The van der Waals surface area contributed by atoms with Gasteiger partial charge in [0.25, 0.3) is 0 Å². The summed E-state index contributed by atoms with van der Waals surface area (Å²) >= 11 is 0. The smallest absolute Gasteiger partial charge is 0.123 e. The second kappa shape index (κ2) is 3.30. The van der Waals surface area contributed by atoms with Crippen LogP contribution in [0.4, 0.5) is 4.39 Å². The van der Waals surface area contributed by atoms with Crippen molar-refractivity contribution in [2.45, 2.75) is 6.04 Å². The minimum atomic E-state index is -0.273. The molecule has 58 valence electrons. The second-order valence-electron chi connectivity index (χ2n) is 2.32. The molecule has 0 aromatic heterocycles. The van der Waals surface area contributed by atoms with Crippen LogP contribution in [0.3, 0.4) is 0 Å². The molecule has 0 fully saturated rings. The molecule has 0 aliphatic carbocycles. The highest BCUT2D eigenvalue weighted by atomic mass is 19.1. The van der Waals surface area contributed by atoms with Crippen molar-refractivity contribution in [1.82, 2.24) is 0 Å². The summed E-state index contributed by atoms with van der Waals surface area (Å²) in [5.74, 6) is -0.264. The van der Waals surface area contributed by atoms with Crippen LogP contribution in [0.25, 0.3) is 0 Å². The van der Waals surface area contributed by atoms with E-state index in [4.69, 9.17) is 5.73 Å². The van der Waals surface area contributed by atoms with Gasteiger partial charge in [0.1, 0.15) is 5.82 Å². The molecular formula is C9H10FN. The van der Waals surface area contributed by atoms with Gasteiger partial charge in [0, 0.05) is 6.04 Å². The third-order valence-corrected chi connectivity index (χ3v) is 1.49. The van der Waals surface area contributed by atoms with Crippen molar-refractivity contribution in [3.63, 3.8) is 0 Å². The van der Waals surface area contributed by atoms with Gasteiger partial charge in [-0.2, -0.15) is 0 Å². The molecule has 0 saturated heterocycles. The van der Waals surface area contributed by atoms with Crippen molar-refractivity contribution in [3.8, 4) is 0 Å². The summed E-state index contributed by atoms with van der Waals surface area (Å²) in [7, 11) is 0. The zero-order chi connectivity index (χ0) is 8.27. The van der Waals surface area contributed by atoms with Crippen molar-refractivity contribution in [1.29, 1.82) is 0 Å². The first-order chi connectivity index (χ1) is 5.24. The summed E-state index contributed by atoms with van der Waals surface area (Å²) in [5.41, 5.74) is 6.33. The van der Waals surface area contributed by atoms with Crippen molar-refractivity contribution in [2.24, 2.45) is 5.73 Å². The first-order valence-electron chi connectivity index (χ1n) is 3.37. The Hall–Kier alpha value is -1.15. The zero-order valence-electron chi connectivity index (χ0n) is 6.13. The molecule has 0 bridgehead atoms. The van der Waals surface area contributed by atoms with E-state index >= 15 is 0 Å². The van der Waals surface area contributed by atoms with Crippen LogP contribution in [0.2, 0.25) is 0 Å². The Bertz CT molecular complexity index is 257. The maximum absolute atomic E-state index is 12.6. The molecule has 1 unspecified atom stereocenters.